The molecule has 0 amide bonds. The van der Waals surface area contributed by atoms with E-state index >= 15 is 0 Å². The van der Waals surface area contributed by atoms with Gasteiger partial charge in [0.1, 0.15) is 12.4 Å². The van der Waals surface area contributed by atoms with Crippen LogP contribution in [-0.4, -0.2) is 37.7 Å². The van der Waals surface area contributed by atoms with Crippen molar-refractivity contribution in [2.24, 2.45) is 5.92 Å². The Kier molecular flexibility index (Phi) is 7.04. The highest BCUT2D eigenvalue weighted by atomic mass is 16.5. The van der Waals surface area contributed by atoms with Crippen LogP contribution in [0.15, 0.2) is 24.3 Å². The minimum atomic E-state index is 0.795. The van der Waals surface area contributed by atoms with E-state index in [0.717, 1.165) is 37.9 Å². The summed E-state index contributed by atoms with van der Waals surface area (Å²) in [5, 5.41) is 3.33. The third kappa shape index (κ3) is 5.68. The molecule has 0 aliphatic carbocycles. The molecule has 1 fully saturated rings. The molecule has 3 heteroatoms. The minimum Gasteiger partial charge on any atom is -0.492 e. The van der Waals surface area contributed by atoms with Gasteiger partial charge in [-0.2, -0.15) is 0 Å². The van der Waals surface area contributed by atoms with Crippen LogP contribution in [0.1, 0.15) is 38.7 Å². The lowest BCUT2D eigenvalue weighted by atomic mass is 9.96. The minimum absolute atomic E-state index is 0.795. The normalized spacial score (nSPS) is 19.6. The Balaban J connectivity index is 1.68. The van der Waals surface area contributed by atoms with Gasteiger partial charge in [-0.05, 0) is 49.5 Å². The van der Waals surface area contributed by atoms with Gasteiger partial charge in [0.2, 0.25) is 0 Å². The van der Waals surface area contributed by atoms with Crippen molar-refractivity contribution in [2.75, 3.05) is 32.8 Å². The first-order chi connectivity index (χ1) is 10.3. The Morgan fingerprint density at radius 1 is 1.24 bits per heavy atom. The maximum atomic E-state index is 5.88. The quantitative estimate of drug-likeness (QED) is 0.795. The molecule has 2 rings (SSSR count). The Morgan fingerprint density at radius 2 is 2.05 bits per heavy atom. The number of nitrogens with zero attached hydrogens (tertiary/aromatic N) is 1. The van der Waals surface area contributed by atoms with Gasteiger partial charge >= 0.3 is 0 Å². The maximum absolute atomic E-state index is 5.88. The fourth-order valence-electron chi connectivity index (χ4n) is 2.95. The summed E-state index contributed by atoms with van der Waals surface area (Å²) in [5.74, 6) is 1.88. The third-order valence-corrected chi connectivity index (χ3v) is 4.36. The van der Waals surface area contributed by atoms with Gasteiger partial charge in [-0.25, -0.2) is 0 Å². The van der Waals surface area contributed by atoms with E-state index in [1.165, 1.54) is 37.9 Å². The molecule has 1 saturated heterocycles. The molecule has 0 saturated carbocycles. The largest absolute Gasteiger partial charge is 0.492 e. The average Bonchev–Trinajstić information content (AvgIpc) is 2.54. The molecule has 0 spiro atoms. The van der Waals surface area contributed by atoms with Gasteiger partial charge in [0.05, 0.1) is 0 Å². The molecule has 1 aliphatic rings. The van der Waals surface area contributed by atoms with Gasteiger partial charge in [-0.15, -0.1) is 0 Å². The predicted octanol–water partition coefficient (Wildman–Crippen LogP) is 3.30. The number of hydrogen-bond acceptors (Lipinski definition) is 3. The van der Waals surface area contributed by atoms with Crippen molar-refractivity contribution in [3.05, 3.63) is 29.8 Å². The number of likely N-dealkylation sites (tertiary alicyclic amines) is 1. The Labute approximate surface area is 129 Å². The van der Waals surface area contributed by atoms with Crippen molar-refractivity contribution in [1.29, 1.82) is 0 Å². The fourth-order valence-corrected chi connectivity index (χ4v) is 2.95. The molecule has 118 valence electrons. The molecule has 0 radical (unpaired) electrons. The molecule has 0 bridgehead atoms. The zero-order valence-electron chi connectivity index (χ0n) is 13.6. The topological polar surface area (TPSA) is 24.5 Å². The summed E-state index contributed by atoms with van der Waals surface area (Å²) in [6.07, 6.45) is 4.06. The van der Waals surface area contributed by atoms with Crippen molar-refractivity contribution in [2.45, 2.75) is 39.7 Å². The molecular weight excluding hydrogens is 260 g/mol. The number of rotatable bonds is 8. The molecule has 1 aromatic carbocycles. The maximum Gasteiger partial charge on any atom is 0.119 e. The highest BCUT2D eigenvalue weighted by molar-refractivity contribution is 5.27. The molecule has 1 N–H and O–H groups in total. The van der Waals surface area contributed by atoms with E-state index in [4.69, 9.17) is 4.74 Å². The number of ether oxygens (including phenoxy) is 1. The molecule has 21 heavy (non-hydrogen) atoms. The van der Waals surface area contributed by atoms with Crippen LogP contribution in [0, 0.1) is 5.92 Å². The summed E-state index contributed by atoms with van der Waals surface area (Å²) < 4.78 is 5.88. The lowest BCUT2D eigenvalue weighted by Crippen LogP contribution is -2.37. The highest BCUT2D eigenvalue weighted by Crippen LogP contribution is 2.19. The Hall–Kier alpha value is -1.06. The third-order valence-electron chi connectivity index (χ3n) is 4.36. The first-order valence-corrected chi connectivity index (χ1v) is 8.46. The van der Waals surface area contributed by atoms with Crippen LogP contribution in [-0.2, 0) is 6.54 Å². The van der Waals surface area contributed by atoms with Crippen molar-refractivity contribution < 1.29 is 4.74 Å². The summed E-state index contributed by atoms with van der Waals surface area (Å²) in [7, 11) is 0. The second-order valence-electron chi connectivity index (χ2n) is 5.99. The van der Waals surface area contributed by atoms with Gasteiger partial charge in [0.15, 0.2) is 0 Å². The van der Waals surface area contributed by atoms with Crippen LogP contribution in [0.4, 0.5) is 0 Å². The van der Waals surface area contributed by atoms with E-state index in [2.05, 4.69) is 48.3 Å². The van der Waals surface area contributed by atoms with Gasteiger partial charge < -0.3 is 10.1 Å². The monoisotopic (exact) mass is 290 g/mol. The Morgan fingerprint density at radius 3 is 2.76 bits per heavy atom. The summed E-state index contributed by atoms with van der Waals surface area (Å²) in [6.45, 7) is 10.7. The van der Waals surface area contributed by atoms with Gasteiger partial charge in [-0.3, -0.25) is 4.90 Å². The first-order valence-electron chi connectivity index (χ1n) is 8.46. The summed E-state index contributed by atoms with van der Waals surface area (Å²) in [6, 6.07) is 8.45. The van der Waals surface area contributed by atoms with Gasteiger partial charge in [0.25, 0.3) is 0 Å². The average molecular weight is 290 g/mol. The Bertz CT molecular complexity index is 391. The molecular formula is C18H30N2O. The lowest BCUT2D eigenvalue weighted by Gasteiger charge is -2.32. The number of hydrogen-bond donors (Lipinski definition) is 1. The van der Waals surface area contributed by atoms with E-state index in [0.29, 0.717) is 0 Å². The van der Waals surface area contributed by atoms with Crippen LogP contribution in [0.25, 0.3) is 0 Å². The molecule has 0 aromatic heterocycles. The van der Waals surface area contributed by atoms with E-state index in [1.54, 1.807) is 0 Å². The van der Waals surface area contributed by atoms with Crippen LogP contribution in [0.2, 0.25) is 0 Å². The summed E-state index contributed by atoms with van der Waals surface area (Å²) in [4.78, 5) is 2.55. The molecule has 1 aromatic rings. The van der Waals surface area contributed by atoms with E-state index in [1.807, 2.05) is 0 Å². The van der Waals surface area contributed by atoms with Gasteiger partial charge in [0, 0.05) is 19.6 Å². The number of nitrogens with one attached hydrogen (secondary N) is 1. The first kappa shape index (κ1) is 16.3. The highest BCUT2D eigenvalue weighted by Gasteiger charge is 2.17. The zero-order chi connectivity index (χ0) is 14.9. The lowest BCUT2D eigenvalue weighted by molar-refractivity contribution is 0.145. The molecule has 1 unspecified atom stereocenters. The second-order valence-corrected chi connectivity index (χ2v) is 5.99. The van der Waals surface area contributed by atoms with Gasteiger partial charge in [-0.1, -0.05) is 32.4 Å². The molecule has 3 nitrogen and oxygen atoms in total. The van der Waals surface area contributed by atoms with E-state index in [-0.39, 0.29) is 0 Å². The zero-order valence-corrected chi connectivity index (χ0v) is 13.6. The molecule has 1 atom stereocenters. The van der Waals surface area contributed by atoms with Crippen LogP contribution >= 0.6 is 0 Å². The fraction of sp³-hybridized carbons (Fsp3) is 0.667. The van der Waals surface area contributed by atoms with Crippen LogP contribution < -0.4 is 10.1 Å². The number of piperidine rings is 1. The second kappa shape index (κ2) is 9.06. The summed E-state index contributed by atoms with van der Waals surface area (Å²) in [5.41, 5.74) is 1.31. The summed E-state index contributed by atoms with van der Waals surface area (Å²) >= 11 is 0. The molecule has 1 heterocycles. The smallest absolute Gasteiger partial charge is 0.119 e. The van der Waals surface area contributed by atoms with Crippen molar-refractivity contribution in [3.8, 4) is 5.75 Å². The SMILES string of the molecule is CCNCc1ccc(OCCN2CCCC(CC)C2)cc1. The predicted molar refractivity (Wildman–Crippen MR) is 88.8 cm³/mol. The van der Waals surface area contributed by atoms with Crippen LogP contribution in [0.5, 0.6) is 5.75 Å². The van der Waals surface area contributed by atoms with E-state index in [9.17, 15) is 0 Å². The standard InChI is InChI=1S/C18H30N2O/c1-3-16-6-5-11-20(15-16)12-13-21-18-9-7-17(8-10-18)14-19-4-2/h7-10,16,19H,3-6,11-15H2,1-2H3. The van der Waals surface area contributed by atoms with Crippen molar-refractivity contribution in [3.63, 3.8) is 0 Å². The van der Waals surface area contributed by atoms with Crippen LogP contribution in [0.3, 0.4) is 0 Å². The van der Waals surface area contributed by atoms with E-state index < -0.39 is 0 Å². The van der Waals surface area contributed by atoms with Crippen molar-refractivity contribution >= 4 is 0 Å². The van der Waals surface area contributed by atoms with Crippen molar-refractivity contribution in [1.82, 2.24) is 10.2 Å². The number of benzene rings is 1. The molecule has 1 aliphatic heterocycles.